The molecule has 6 heteroatoms. The van der Waals surface area contributed by atoms with Crippen LogP contribution in [0.15, 0.2) is 48.5 Å². The van der Waals surface area contributed by atoms with Gasteiger partial charge in [-0.1, -0.05) is 30.3 Å². The lowest BCUT2D eigenvalue weighted by molar-refractivity contribution is -0.126. The predicted octanol–water partition coefficient (Wildman–Crippen LogP) is 2.67. The number of amides is 1. The molecule has 0 bridgehead atoms. The van der Waals surface area contributed by atoms with E-state index in [1.165, 1.54) is 5.56 Å². The van der Waals surface area contributed by atoms with Gasteiger partial charge in [-0.3, -0.25) is 9.69 Å². The van der Waals surface area contributed by atoms with E-state index < -0.39 is 5.41 Å². The Morgan fingerprint density at radius 3 is 2.68 bits per heavy atom. The monoisotopic (exact) mass is 382 g/mol. The highest BCUT2D eigenvalue weighted by atomic mass is 16.6. The van der Waals surface area contributed by atoms with Crippen LogP contribution in [0.5, 0.6) is 11.5 Å². The number of nitrogens with one attached hydrogen (secondary N) is 1. The van der Waals surface area contributed by atoms with Crippen molar-refractivity contribution in [3.8, 4) is 11.5 Å². The summed E-state index contributed by atoms with van der Waals surface area (Å²) in [4.78, 5) is 15.5. The van der Waals surface area contributed by atoms with E-state index in [-0.39, 0.29) is 12.5 Å². The molecule has 0 aromatic heterocycles. The van der Waals surface area contributed by atoms with Crippen LogP contribution in [0.2, 0.25) is 0 Å². The number of ether oxygens (including phenoxy) is 2. The molecule has 2 heterocycles. The molecule has 2 aliphatic heterocycles. The maximum Gasteiger partial charge on any atom is 0.232 e. The maximum atomic E-state index is 13.2. The molecule has 1 amide bonds. The van der Waals surface area contributed by atoms with Crippen LogP contribution < -0.4 is 14.8 Å². The van der Waals surface area contributed by atoms with Crippen LogP contribution in [0.25, 0.3) is 0 Å². The molecule has 2 aliphatic rings. The Bertz CT molecular complexity index is 827. The summed E-state index contributed by atoms with van der Waals surface area (Å²) in [5.41, 5.74) is 1.33. The van der Waals surface area contributed by atoms with Gasteiger partial charge in [0.2, 0.25) is 5.91 Å². The summed E-state index contributed by atoms with van der Waals surface area (Å²) in [5.74, 6) is 1.30. The van der Waals surface area contributed by atoms with Crippen LogP contribution >= 0.6 is 0 Å². The number of benzene rings is 2. The van der Waals surface area contributed by atoms with E-state index in [0.29, 0.717) is 43.4 Å². The lowest BCUT2D eigenvalue weighted by Crippen LogP contribution is -2.39. The minimum absolute atomic E-state index is 0.00621. The van der Waals surface area contributed by atoms with Crippen molar-refractivity contribution in [2.24, 2.45) is 5.41 Å². The minimum atomic E-state index is -0.587. The van der Waals surface area contributed by atoms with Gasteiger partial charge in [0.25, 0.3) is 0 Å². The zero-order chi connectivity index (χ0) is 19.4. The highest BCUT2D eigenvalue weighted by molar-refractivity contribution is 5.96. The third-order valence-electron chi connectivity index (χ3n) is 5.55. The predicted molar refractivity (Wildman–Crippen MR) is 107 cm³/mol. The summed E-state index contributed by atoms with van der Waals surface area (Å²) < 4.78 is 11.1. The number of nitrogens with zero attached hydrogens (tertiary/aromatic N) is 1. The first-order chi connectivity index (χ1) is 13.7. The molecule has 6 nitrogen and oxygen atoms in total. The second-order valence-electron chi connectivity index (χ2n) is 7.51. The van der Waals surface area contributed by atoms with Crippen molar-refractivity contribution in [1.82, 2.24) is 4.90 Å². The Morgan fingerprint density at radius 2 is 1.89 bits per heavy atom. The average Bonchev–Trinajstić information content (AvgIpc) is 3.13. The van der Waals surface area contributed by atoms with Gasteiger partial charge in [-0.15, -0.1) is 0 Å². The molecule has 2 aromatic rings. The fourth-order valence-corrected chi connectivity index (χ4v) is 4.04. The first-order valence-corrected chi connectivity index (χ1v) is 9.77. The Morgan fingerprint density at radius 1 is 1.11 bits per heavy atom. The third kappa shape index (κ3) is 3.98. The van der Waals surface area contributed by atoms with E-state index in [1.54, 1.807) is 6.07 Å². The minimum Gasteiger partial charge on any atom is -0.486 e. The van der Waals surface area contributed by atoms with Crippen LogP contribution in [0.1, 0.15) is 18.4 Å². The van der Waals surface area contributed by atoms with Gasteiger partial charge in [-0.2, -0.15) is 0 Å². The average molecular weight is 382 g/mol. The standard InChI is InChI=1S/C22H26N2O4/c25-11-9-22(8-10-24(16-22)15-17-4-2-1-3-5-17)21(26)23-18-6-7-19-20(14-18)28-13-12-27-19/h1-7,14,25H,8-13,15-16H2,(H,23,26). The van der Waals surface area contributed by atoms with Gasteiger partial charge in [-0.25, -0.2) is 0 Å². The first-order valence-electron chi connectivity index (χ1n) is 9.77. The van der Waals surface area contributed by atoms with Crippen molar-refractivity contribution in [3.05, 3.63) is 54.1 Å². The van der Waals surface area contributed by atoms with E-state index >= 15 is 0 Å². The van der Waals surface area contributed by atoms with Gasteiger partial charge in [0.05, 0.1) is 5.41 Å². The number of hydrogen-bond donors (Lipinski definition) is 2. The van der Waals surface area contributed by atoms with Crippen LogP contribution in [0.3, 0.4) is 0 Å². The van der Waals surface area contributed by atoms with Gasteiger partial charge in [0.15, 0.2) is 11.5 Å². The van der Waals surface area contributed by atoms with Crippen LogP contribution in [0, 0.1) is 5.41 Å². The Balaban J connectivity index is 1.46. The highest BCUT2D eigenvalue weighted by Crippen LogP contribution is 2.37. The number of aliphatic hydroxyl groups is 1. The van der Waals surface area contributed by atoms with Gasteiger partial charge in [-0.05, 0) is 37.1 Å². The number of anilines is 1. The second-order valence-corrected chi connectivity index (χ2v) is 7.51. The van der Waals surface area contributed by atoms with Gasteiger partial charge in [0, 0.05) is 31.5 Å². The summed E-state index contributed by atoms with van der Waals surface area (Å²) in [7, 11) is 0. The molecule has 2 aromatic carbocycles. The first kappa shape index (κ1) is 18.8. The summed E-state index contributed by atoms with van der Waals surface area (Å²) in [6.45, 7) is 3.32. The molecular weight excluding hydrogens is 356 g/mol. The molecule has 4 rings (SSSR count). The van der Waals surface area contributed by atoms with Crippen molar-refractivity contribution in [3.63, 3.8) is 0 Å². The van der Waals surface area contributed by atoms with Gasteiger partial charge < -0.3 is 19.9 Å². The lowest BCUT2D eigenvalue weighted by Gasteiger charge is -2.28. The molecule has 1 atom stereocenters. The van der Waals surface area contributed by atoms with E-state index in [9.17, 15) is 9.90 Å². The SMILES string of the molecule is O=C(Nc1ccc2c(c1)OCCO2)C1(CCO)CCN(Cc2ccccc2)C1. The number of aliphatic hydroxyl groups excluding tert-OH is 1. The fourth-order valence-electron chi connectivity index (χ4n) is 4.04. The molecule has 1 unspecified atom stereocenters. The largest absolute Gasteiger partial charge is 0.486 e. The van der Waals surface area contributed by atoms with Gasteiger partial charge in [0.1, 0.15) is 13.2 Å². The van der Waals surface area contributed by atoms with E-state index in [0.717, 1.165) is 19.5 Å². The second kappa shape index (κ2) is 8.20. The zero-order valence-corrected chi connectivity index (χ0v) is 15.9. The number of fused-ring (bicyclic) bond motifs is 1. The van der Waals surface area contributed by atoms with Crippen LogP contribution in [-0.4, -0.2) is 48.8 Å². The summed E-state index contributed by atoms with van der Waals surface area (Å²) >= 11 is 0. The Hall–Kier alpha value is -2.57. The van der Waals surface area contributed by atoms with Crippen LogP contribution in [0.4, 0.5) is 5.69 Å². The molecule has 0 saturated carbocycles. The smallest absolute Gasteiger partial charge is 0.232 e. The van der Waals surface area contributed by atoms with E-state index in [1.807, 2.05) is 30.3 Å². The van der Waals surface area contributed by atoms with Crippen molar-refractivity contribution < 1.29 is 19.4 Å². The number of rotatable bonds is 6. The van der Waals surface area contributed by atoms with Gasteiger partial charge >= 0.3 is 0 Å². The molecule has 1 saturated heterocycles. The number of carbonyl (C=O) groups is 1. The number of carbonyl (C=O) groups excluding carboxylic acids is 1. The van der Waals surface area contributed by atoms with Crippen molar-refractivity contribution in [2.75, 3.05) is 38.2 Å². The van der Waals surface area contributed by atoms with Crippen molar-refractivity contribution in [1.29, 1.82) is 0 Å². The molecule has 28 heavy (non-hydrogen) atoms. The van der Waals surface area contributed by atoms with Crippen molar-refractivity contribution >= 4 is 11.6 Å². The molecule has 1 fully saturated rings. The summed E-state index contributed by atoms with van der Waals surface area (Å²) in [5, 5.41) is 12.6. The maximum absolute atomic E-state index is 13.2. The molecule has 0 spiro atoms. The molecule has 2 N–H and O–H groups in total. The number of hydrogen-bond acceptors (Lipinski definition) is 5. The fraction of sp³-hybridized carbons (Fsp3) is 0.409. The Labute approximate surface area is 165 Å². The quantitative estimate of drug-likeness (QED) is 0.804. The van der Waals surface area contributed by atoms with E-state index in [2.05, 4.69) is 22.3 Å². The summed E-state index contributed by atoms with van der Waals surface area (Å²) in [6, 6.07) is 15.7. The molecule has 0 radical (unpaired) electrons. The lowest BCUT2D eigenvalue weighted by atomic mass is 9.82. The number of likely N-dealkylation sites (tertiary alicyclic amines) is 1. The third-order valence-corrected chi connectivity index (χ3v) is 5.55. The zero-order valence-electron chi connectivity index (χ0n) is 15.9. The molecular formula is C22H26N2O4. The summed E-state index contributed by atoms with van der Waals surface area (Å²) in [6.07, 6.45) is 1.19. The topological polar surface area (TPSA) is 71.0 Å². The van der Waals surface area contributed by atoms with E-state index in [4.69, 9.17) is 9.47 Å². The van der Waals surface area contributed by atoms with Crippen LogP contribution in [-0.2, 0) is 11.3 Å². The normalized spacial score (nSPS) is 21.5. The highest BCUT2D eigenvalue weighted by Gasteiger charge is 2.44. The Kier molecular flexibility index (Phi) is 5.50. The molecule has 0 aliphatic carbocycles. The van der Waals surface area contributed by atoms with Crippen molar-refractivity contribution in [2.45, 2.75) is 19.4 Å². The molecule has 148 valence electrons.